The second kappa shape index (κ2) is 6.98. The summed E-state index contributed by atoms with van der Waals surface area (Å²) < 4.78 is 39.2. The highest BCUT2D eigenvalue weighted by molar-refractivity contribution is 5.89. The lowest BCUT2D eigenvalue weighted by molar-refractivity contribution is 0.252. The first-order valence-electron chi connectivity index (χ1n) is 6.72. The largest absolute Gasteiger partial charge is 0.338 e. The number of rotatable bonds is 4. The zero-order valence-corrected chi connectivity index (χ0v) is 11.9. The maximum Gasteiger partial charge on any atom is 0.319 e. The fourth-order valence-corrected chi connectivity index (χ4v) is 1.99. The van der Waals surface area contributed by atoms with E-state index in [1.807, 2.05) is 31.2 Å². The third-order valence-corrected chi connectivity index (χ3v) is 3.22. The molecule has 0 fully saturated rings. The van der Waals surface area contributed by atoms with Crippen LogP contribution in [0.2, 0.25) is 0 Å². The molecule has 0 radical (unpaired) electrons. The summed E-state index contributed by atoms with van der Waals surface area (Å²) in [6.07, 6.45) is 0.611. The van der Waals surface area contributed by atoms with E-state index in [2.05, 4.69) is 10.6 Å². The zero-order chi connectivity index (χ0) is 16.1. The van der Waals surface area contributed by atoms with E-state index < -0.39 is 29.2 Å². The Morgan fingerprint density at radius 2 is 1.77 bits per heavy atom. The SMILES string of the molecule is Cc1ccccc1CCNC(=O)Nc1ccc(F)c(F)c1F. The second-order valence-corrected chi connectivity index (χ2v) is 4.78. The van der Waals surface area contributed by atoms with Crippen LogP contribution < -0.4 is 10.6 Å². The molecule has 0 aliphatic rings. The highest BCUT2D eigenvalue weighted by Gasteiger charge is 2.14. The fraction of sp³-hybridized carbons (Fsp3) is 0.188. The molecule has 0 unspecified atom stereocenters. The fourth-order valence-electron chi connectivity index (χ4n) is 1.99. The van der Waals surface area contributed by atoms with Crippen LogP contribution in [0.3, 0.4) is 0 Å². The number of carbonyl (C=O) groups excluding carboxylic acids is 1. The molecule has 0 heterocycles. The van der Waals surface area contributed by atoms with Gasteiger partial charge in [0, 0.05) is 6.54 Å². The summed E-state index contributed by atoms with van der Waals surface area (Å²) in [4.78, 5) is 11.6. The molecule has 2 aromatic carbocycles. The van der Waals surface area contributed by atoms with E-state index in [4.69, 9.17) is 0 Å². The van der Waals surface area contributed by atoms with Crippen molar-refractivity contribution in [2.45, 2.75) is 13.3 Å². The van der Waals surface area contributed by atoms with Crippen molar-refractivity contribution in [3.63, 3.8) is 0 Å². The molecule has 0 saturated heterocycles. The molecule has 2 aromatic rings. The highest BCUT2D eigenvalue weighted by Crippen LogP contribution is 2.19. The van der Waals surface area contributed by atoms with Gasteiger partial charge in [0.2, 0.25) is 0 Å². The number of carbonyl (C=O) groups is 1. The van der Waals surface area contributed by atoms with Gasteiger partial charge in [-0.15, -0.1) is 0 Å². The first-order chi connectivity index (χ1) is 10.5. The van der Waals surface area contributed by atoms with Crippen LogP contribution in [0.4, 0.5) is 23.7 Å². The number of halogens is 3. The molecule has 2 N–H and O–H groups in total. The van der Waals surface area contributed by atoms with E-state index in [9.17, 15) is 18.0 Å². The van der Waals surface area contributed by atoms with E-state index >= 15 is 0 Å². The lowest BCUT2D eigenvalue weighted by Crippen LogP contribution is -2.31. The predicted molar refractivity (Wildman–Crippen MR) is 78.2 cm³/mol. The molecule has 2 rings (SSSR count). The van der Waals surface area contributed by atoms with Crippen molar-refractivity contribution in [3.05, 3.63) is 65.0 Å². The number of urea groups is 1. The van der Waals surface area contributed by atoms with Crippen LogP contribution in [0, 0.1) is 24.4 Å². The van der Waals surface area contributed by atoms with Crippen molar-refractivity contribution in [2.75, 3.05) is 11.9 Å². The highest BCUT2D eigenvalue weighted by atomic mass is 19.2. The smallest absolute Gasteiger partial charge is 0.319 e. The summed E-state index contributed by atoms with van der Waals surface area (Å²) in [5.41, 5.74) is 1.78. The van der Waals surface area contributed by atoms with Crippen LogP contribution in [0.15, 0.2) is 36.4 Å². The number of hydrogen-bond acceptors (Lipinski definition) is 1. The van der Waals surface area contributed by atoms with Crippen LogP contribution in [0.5, 0.6) is 0 Å². The third-order valence-electron chi connectivity index (χ3n) is 3.22. The van der Waals surface area contributed by atoms with E-state index in [0.29, 0.717) is 13.0 Å². The first kappa shape index (κ1) is 15.9. The number of hydrogen-bond donors (Lipinski definition) is 2. The van der Waals surface area contributed by atoms with E-state index in [0.717, 1.165) is 23.3 Å². The Hall–Kier alpha value is -2.50. The van der Waals surface area contributed by atoms with Crippen molar-refractivity contribution in [1.82, 2.24) is 5.32 Å². The van der Waals surface area contributed by atoms with Gasteiger partial charge in [-0.3, -0.25) is 0 Å². The van der Waals surface area contributed by atoms with Gasteiger partial charge in [0.05, 0.1) is 5.69 Å². The molecule has 116 valence electrons. The van der Waals surface area contributed by atoms with Crippen molar-refractivity contribution < 1.29 is 18.0 Å². The van der Waals surface area contributed by atoms with Gasteiger partial charge in [-0.05, 0) is 36.6 Å². The Balaban J connectivity index is 1.89. The van der Waals surface area contributed by atoms with E-state index in [-0.39, 0.29) is 0 Å². The molecule has 0 atom stereocenters. The summed E-state index contributed by atoms with van der Waals surface area (Å²) in [5.74, 6) is -4.34. The molecule has 6 heteroatoms. The Bertz CT molecular complexity index is 689. The molecule has 0 aliphatic heterocycles. The number of benzene rings is 2. The molecule has 0 aromatic heterocycles. The maximum absolute atomic E-state index is 13.4. The summed E-state index contributed by atoms with van der Waals surface area (Å²) >= 11 is 0. The normalized spacial score (nSPS) is 10.4. The van der Waals surface area contributed by atoms with Crippen LogP contribution in [0.1, 0.15) is 11.1 Å². The van der Waals surface area contributed by atoms with Crippen LogP contribution in [-0.4, -0.2) is 12.6 Å². The molecule has 2 amide bonds. The lowest BCUT2D eigenvalue weighted by Gasteiger charge is -2.10. The molecule has 3 nitrogen and oxygen atoms in total. The maximum atomic E-state index is 13.4. The van der Waals surface area contributed by atoms with Gasteiger partial charge in [0.1, 0.15) is 0 Å². The molecule has 22 heavy (non-hydrogen) atoms. The monoisotopic (exact) mass is 308 g/mol. The van der Waals surface area contributed by atoms with Gasteiger partial charge >= 0.3 is 6.03 Å². The minimum atomic E-state index is -1.61. The molecular weight excluding hydrogens is 293 g/mol. The van der Waals surface area contributed by atoms with Crippen molar-refractivity contribution in [1.29, 1.82) is 0 Å². The van der Waals surface area contributed by atoms with E-state index in [1.165, 1.54) is 0 Å². The standard InChI is InChI=1S/C16H15F3N2O/c1-10-4-2-3-5-11(10)8-9-20-16(22)21-13-7-6-12(17)14(18)15(13)19/h2-7H,8-9H2,1H3,(H2,20,21,22). The minimum absolute atomic E-state index is 0.335. The zero-order valence-electron chi connectivity index (χ0n) is 11.9. The van der Waals surface area contributed by atoms with Crippen molar-refractivity contribution in [2.24, 2.45) is 0 Å². The van der Waals surface area contributed by atoms with Gasteiger partial charge in [-0.2, -0.15) is 0 Å². The van der Waals surface area contributed by atoms with Crippen LogP contribution in [-0.2, 0) is 6.42 Å². The molecule has 0 saturated carbocycles. The topological polar surface area (TPSA) is 41.1 Å². The quantitative estimate of drug-likeness (QED) is 0.829. The minimum Gasteiger partial charge on any atom is -0.338 e. The number of amides is 2. The number of aryl methyl sites for hydroxylation is 1. The lowest BCUT2D eigenvalue weighted by atomic mass is 10.1. The van der Waals surface area contributed by atoms with Gasteiger partial charge in [0.15, 0.2) is 17.5 Å². The van der Waals surface area contributed by atoms with Crippen LogP contribution in [0.25, 0.3) is 0 Å². The first-order valence-corrected chi connectivity index (χ1v) is 6.72. The molecule has 0 spiro atoms. The van der Waals surface area contributed by atoms with Crippen molar-refractivity contribution >= 4 is 11.7 Å². The summed E-state index contributed by atoms with van der Waals surface area (Å²) in [5, 5.41) is 4.68. The Morgan fingerprint density at radius 1 is 1.05 bits per heavy atom. The number of nitrogens with one attached hydrogen (secondary N) is 2. The average Bonchev–Trinajstić information content (AvgIpc) is 2.50. The second-order valence-electron chi connectivity index (χ2n) is 4.78. The van der Waals surface area contributed by atoms with Gasteiger partial charge in [0.25, 0.3) is 0 Å². The third kappa shape index (κ3) is 3.78. The summed E-state index contributed by atoms with van der Waals surface area (Å²) in [7, 11) is 0. The van der Waals surface area contributed by atoms with Gasteiger partial charge < -0.3 is 10.6 Å². The van der Waals surface area contributed by atoms with Crippen molar-refractivity contribution in [3.8, 4) is 0 Å². The average molecular weight is 308 g/mol. The molecule has 0 aliphatic carbocycles. The summed E-state index contributed by atoms with van der Waals surface area (Å²) in [6, 6.07) is 8.77. The number of anilines is 1. The van der Waals surface area contributed by atoms with Gasteiger partial charge in [-0.25, -0.2) is 18.0 Å². The van der Waals surface area contributed by atoms with Crippen LogP contribution >= 0.6 is 0 Å². The molecular formula is C16H15F3N2O. The van der Waals surface area contributed by atoms with Gasteiger partial charge in [-0.1, -0.05) is 24.3 Å². The summed E-state index contributed by atoms with van der Waals surface area (Å²) in [6.45, 7) is 2.30. The van der Waals surface area contributed by atoms with E-state index in [1.54, 1.807) is 0 Å². The Labute approximate surface area is 126 Å². The predicted octanol–water partition coefficient (Wildman–Crippen LogP) is 3.78. The molecule has 0 bridgehead atoms. The Kier molecular flexibility index (Phi) is 5.04. The Morgan fingerprint density at radius 3 is 2.50 bits per heavy atom.